The van der Waals surface area contributed by atoms with Crippen molar-refractivity contribution in [2.75, 3.05) is 37.4 Å². The zero-order chi connectivity index (χ0) is 15.8. The Hall–Kier alpha value is -1.89. The van der Waals surface area contributed by atoms with Gasteiger partial charge in [-0.2, -0.15) is 0 Å². The van der Waals surface area contributed by atoms with Crippen molar-refractivity contribution >= 4 is 17.5 Å². The van der Waals surface area contributed by atoms with Crippen molar-refractivity contribution in [3.05, 3.63) is 11.9 Å². The fourth-order valence-corrected chi connectivity index (χ4v) is 1.63. The van der Waals surface area contributed by atoms with Gasteiger partial charge in [-0.25, -0.2) is 9.97 Å². The van der Waals surface area contributed by atoms with Crippen molar-refractivity contribution in [3.63, 3.8) is 0 Å². The average Bonchev–Trinajstić information content (AvgIpc) is 2.42. The number of nitrogen functional groups attached to an aromatic ring is 1. The molecule has 0 bridgehead atoms. The van der Waals surface area contributed by atoms with Crippen LogP contribution in [0.4, 0.5) is 11.6 Å². The predicted octanol–water partition coefficient (Wildman–Crippen LogP) is 0.804. The molecule has 21 heavy (non-hydrogen) atoms. The lowest BCUT2D eigenvalue weighted by molar-refractivity contribution is -0.119. The van der Waals surface area contributed by atoms with Crippen LogP contribution in [0.1, 0.15) is 26.6 Å². The highest BCUT2D eigenvalue weighted by molar-refractivity contribution is 5.80. The van der Waals surface area contributed by atoms with E-state index in [1.807, 2.05) is 6.92 Å². The lowest BCUT2D eigenvalue weighted by Gasteiger charge is -2.19. The van der Waals surface area contributed by atoms with Gasteiger partial charge in [-0.3, -0.25) is 4.79 Å². The van der Waals surface area contributed by atoms with E-state index in [2.05, 4.69) is 29.1 Å². The van der Waals surface area contributed by atoms with Gasteiger partial charge in [0.1, 0.15) is 18.2 Å². The highest BCUT2D eigenvalue weighted by Gasteiger charge is 2.11. The third kappa shape index (κ3) is 6.40. The average molecular weight is 295 g/mol. The molecule has 0 atom stereocenters. The van der Waals surface area contributed by atoms with Gasteiger partial charge in [0.15, 0.2) is 5.82 Å². The Morgan fingerprint density at radius 1 is 1.48 bits per heavy atom. The summed E-state index contributed by atoms with van der Waals surface area (Å²) in [6.07, 6.45) is 0. The van der Waals surface area contributed by atoms with Crippen LogP contribution in [0.5, 0.6) is 0 Å². The Labute approximate surface area is 125 Å². The first-order valence-electron chi connectivity index (χ1n) is 7.11. The SMILES string of the molecule is CCOCc1nc(N)cc(N(C)CC(=O)NCC(C)C)n1. The molecule has 0 saturated carbocycles. The molecule has 1 heterocycles. The molecule has 3 N–H and O–H groups in total. The van der Waals surface area contributed by atoms with Crippen LogP contribution in [0.3, 0.4) is 0 Å². The minimum atomic E-state index is -0.0465. The summed E-state index contributed by atoms with van der Waals surface area (Å²) < 4.78 is 5.28. The normalized spacial score (nSPS) is 10.7. The highest BCUT2D eigenvalue weighted by atomic mass is 16.5. The molecule has 1 amide bonds. The van der Waals surface area contributed by atoms with Gasteiger partial charge < -0.3 is 20.7 Å². The van der Waals surface area contributed by atoms with Crippen LogP contribution in [0.25, 0.3) is 0 Å². The summed E-state index contributed by atoms with van der Waals surface area (Å²) in [7, 11) is 1.79. The molecule has 7 heteroatoms. The molecule has 0 fully saturated rings. The number of likely N-dealkylation sites (N-methyl/N-ethyl adjacent to an activating group) is 1. The van der Waals surface area contributed by atoms with Crippen LogP contribution < -0.4 is 16.0 Å². The zero-order valence-corrected chi connectivity index (χ0v) is 13.2. The van der Waals surface area contributed by atoms with Crippen LogP contribution >= 0.6 is 0 Å². The number of nitrogens with two attached hydrogens (primary N) is 1. The fraction of sp³-hybridized carbons (Fsp3) is 0.643. The molecular formula is C14H25N5O2. The number of nitrogens with zero attached hydrogens (tertiary/aromatic N) is 3. The Morgan fingerprint density at radius 2 is 2.19 bits per heavy atom. The van der Waals surface area contributed by atoms with Gasteiger partial charge in [0.25, 0.3) is 0 Å². The topological polar surface area (TPSA) is 93.4 Å². The number of anilines is 2. The molecule has 0 aliphatic carbocycles. The van der Waals surface area contributed by atoms with Crippen LogP contribution in [0.15, 0.2) is 6.07 Å². The van der Waals surface area contributed by atoms with Crippen molar-refractivity contribution in [1.29, 1.82) is 0 Å². The number of carbonyl (C=O) groups excluding carboxylic acids is 1. The predicted molar refractivity (Wildman–Crippen MR) is 82.9 cm³/mol. The summed E-state index contributed by atoms with van der Waals surface area (Å²) in [6, 6.07) is 1.64. The van der Waals surface area contributed by atoms with Crippen LogP contribution in [0, 0.1) is 5.92 Å². The van der Waals surface area contributed by atoms with E-state index in [1.54, 1.807) is 18.0 Å². The molecule has 0 aliphatic heterocycles. The third-order valence-corrected chi connectivity index (χ3v) is 2.69. The molecule has 0 spiro atoms. The van der Waals surface area contributed by atoms with Gasteiger partial charge in [-0.05, 0) is 12.8 Å². The summed E-state index contributed by atoms with van der Waals surface area (Å²) in [4.78, 5) is 22.0. The lowest BCUT2D eigenvalue weighted by Crippen LogP contribution is -2.37. The van der Waals surface area contributed by atoms with E-state index < -0.39 is 0 Å². The summed E-state index contributed by atoms with van der Waals surface area (Å²) in [5.41, 5.74) is 5.76. The van der Waals surface area contributed by atoms with Crippen LogP contribution in [-0.4, -0.2) is 42.6 Å². The van der Waals surface area contributed by atoms with Gasteiger partial charge in [0, 0.05) is 26.3 Å². The summed E-state index contributed by atoms with van der Waals surface area (Å²) >= 11 is 0. The van der Waals surface area contributed by atoms with Crippen LogP contribution in [0.2, 0.25) is 0 Å². The molecule has 1 aromatic heterocycles. The summed E-state index contributed by atoms with van der Waals surface area (Å²) in [5.74, 6) is 1.86. The number of hydrogen-bond acceptors (Lipinski definition) is 6. The van der Waals surface area contributed by atoms with Crippen molar-refractivity contribution < 1.29 is 9.53 Å². The first-order chi connectivity index (χ1) is 9.92. The molecule has 7 nitrogen and oxygen atoms in total. The largest absolute Gasteiger partial charge is 0.384 e. The lowest BCUT2D eigenvalue weighted by atomic mass is 10.2. The van der Waals surface area contributed by atoms with Gasteiger partial charge >= 0.3 is 0 Å². The number of hydrogen-bond donors (Lipinski definition) is 2. The first-order valence-corrected chi connectivity index (χ1v) is 7.11. The Morgan fingerprint density at radius 3 is 2.81 bits per heavy atom. The second-order valence-corrected chi connectivity index (χ2v) is 5.26. The van der Waals surface area contributed by atoms with Crippen molar-refractivity contribution in [3.8, 4) is 0 Å². The number of aromatic nitrogens is 2. The number of nitrogens with one attached hydrogen (secondary N) is 1. The van der Waals surface area contributed by atoms with E-state index in [4.69, 9.17) is 10.5 Å². The zero-order valence-electron chi connectivity index (χ0n) is 13.2. The number of ether oxygens (including phenoxy) is 1. The maximum Gasteiger partial charge on any atom is 0.239 e. The Balaban J connectivity index is 2.66. The van der Waals surface area contributed by atoms with E-state index >= 15 is 0 Å². The smallest absolute Gasteiger partial charge is 0.239 e. The minimum Gasteiger partial charge on any atom is -0.384 e. The van der Waals surface area contributed by atoms with Crippen molar-refractivity contribution in [2.24, 2.45) is 5.92 Å². The van der Waals surface area contributed by atoms with E-state index in [-0.39, 0.29) is 12.5 Å². The van der Waals surface area contributed by atoms with Crippen molar-refractivity contribution in [2.45, 2.75) is 27.4 Å². The Bertz CT molecular complexity index is 465. The van der Waals surface area contributed by atoms with E-state index in [1.165, 1.54) is 0 Å². The van der Waals surface area contributed by atoms with Gasteiger partial charge in [-0.15, -0.1) is 0 Å². The van der Waals surface area contributed by atoms with Gasteiger partial charge in [0.05, 0.1) is 6.54 Å². The quantitative estimate of drug-likeness (QED) is 0.737. The number of amides is 1. The standard InChI is InChI=1S/C14H25N5O2/c1-5-21-9-12-17-11(15)6-13(18-12)19(4)8-14(20)16-7-10(2)3/h6,10H,5,7-9H2,1-4H3,(H,16,20)(H2,15,17,18). The number of rotatable bonds is 8. The second kappa shape index (κ2) is 8.41. The molecule has 118 valence electrons. The molecule has 0 aromatic carbocycles. The fourth-order valence-electron chi connectivity index (χ4n) is 1.63. The summed E-state index contributed by atoms with van der Waals surface area (Å²) in [6.45, 7) is 7.77. The maximum absolute atomic E-state index is 11.8. The van der Waals surface area contributed by atoms with E-state index in [0.29, 0.717) is 43.1 Å². The molecule has 0 aliphatic rings. The molecule has 1 rings (SSSR count). The molecule has 0 unspecified atom stereocenters. The van der Waals surface area contributed by atoms with Crippen molar-refractivity contribution in [1.82, 2.24) is 15.3 Å². The summed E-state index contributed by atoms with van der Waals surface area (Å²) in [5, 5.41) is 2.87. The molecular weight excluding hydrogens is 270 g/mol. The first kappa shape index (κ1) is 17.2. The monoisotopic (exact) mass is 295 g/mol. The third-order valence-electron chi connectivity index (χ3n) is 2.69. The minimum absolute atomic E-state index is 0.0465. The molecule has 0 radical (unpaired) electrons. The maximum atomic E-state index is 11.8. The molecule has 0 saturated heterocycles. The van der Waals surface area contributed by atoms with Crippen LogP contribution in [-0.2, 0) is 16.1 Å². The van der Waals surface area contributed by atoms with E-state index in [0.717, 1.165) is 0 Å². The number of carbonyl (C=O) groups is 1. The molecule has 1 aromatic rings. The highest BCUT2D eigenvalue weighted by Crippen LogP contribution is 2.13. The Kier molecular flexibility index (Phi) is 6.87. The second-order valence-electron chi connectivity index (χ2n) is 5.26. The van der Waals surface area contributed by atoms with Gasteiger partial charge in [-0.1, -0.05) is 13.8 Å². The van der Waals surface area contributed by atoms with E-state index in [9.17, 15) is 4.79 Å². The van der Waals surface area contributed by atoms with Gasteiger partial charge in [0.2, 0.25) is 5.91 Å².